The highest BCUT2D eigenvalue weighted by Crippen LogP contribution is 2.18. The molecule has 126 valence electrons. The van der Waals surface area contributed by atoms with E-state index in [-0.39, 0.29) is 5.91 Å². The Balaban J connectivity index is 1.54. The van der Waals surface area contributed by atoms with Gasteiger partial charge in [0.1, 0.15) is 0 Å². The fourth-order valence-corrected chi connectivity index (χ4v) is 3.31. The van der Waals surface area contributed by atoms with Crippen molar-refractivity contribution in [1.29, 1.82) is 0 Å². The summed E-state index contributed by atoms with van der Waals surface area (Å²) in [5.74, 6) is 0.221. The zero-order valence-electron chi connectivity index (χ0n) is 14.0. The van der Waals surface area contributed by atoms with E-state index in [1.54, 1.807) is 0 Å². The number of piperazine rings is 1. The SMILES string of the molecule is CCc1ccc(N2CCN(C(=O)Cc3ccc(Br)cc3)CC2)cc1. The zero-order valence-corrected chi connectivity index (χ0v) is 15.6. The number of nitrogens with zero attached hydrogens (tertiary/aromatic N) is 2. The Kier molecular flexibility index (Phi) is 5.56. The minimum atomic E-state index is 0.221. The minimum absolute atomic E-state index is 0.221. The molecule has 1 aliphatic heterocycles. The molecule has 4 heteroatoms. The van der Waals surface area contributed by atoms with E-state index < -0.39 is 0 Å². The Morgan fingerprint density at radius 2 is 1.50 bits per heavy atom. The number of hydrogen-bond acceptors (Lipinski definition) is 2. The number of amides is 1. The number of anilines is 1. The van der Waals surface area contributed by atoms with E-state index in [0.717, 1.165) is 42.6 Å². The summed E-state index contributed by atoms with van der Waals surface area (Å²) in [6.07, 6.45) is 1.55. The molecule has 0 saturated carbocycles. The molecule has 3 rings (SSSR count). The number of carbonyl (C=O) groups is 1. The van der Waals surface area contributed by atoms with Crippen LogP contribution in [0.2, 0.25) is 0 Å². The van der Waals surface area contributed by atoms with E-state index in [1.165, 1.54) is 11.3 Å². The van der Waals surface area contributed by atoms with Crippen molar-refractivity contribution in [1.82, 2.24) is 4.90 Å². The molecule has 3 nitrogen and oxygen atoms in total. The maximum atomic E-state index is 12.5. The Morgan fingerprint density at radius 3 is 2.08 bits per heavy atom. The third-order valence-electron chi connectivity index (χ3n) is 4.61. The van der Waals surface area contributed by atoms with E-state index in [1.807, 2.05) is 29.2 Å². The van der Waals surface area contributed by atoms with Gasteiger partial charge in [0, 0.05) is 36.3 Å². The Labute approximate surface area is 152 Å². The topological polar surface area (TPSA) is 23.6 Å². The second kappa shape index (κ2) is 7.84. The lowest BCUT2D eigenvalue weighted by atomic mass is 10.1. The Morgan fingerprint density at radius 1 is 0.917 bits per heavy atom. The van der Waals surface area contributed by atoms with Crippen molar-refractivity contribution in [3.63, 3.8) is 0 Å². The van der Waals surface area contributed by atoms with E-state index in [9.17, 15) is 4.79 Å². The van der Waals surface area contributed by atoms with Crippen LogP contribution in [0, 0.1) is 0 Å². The summed E-state index contributed by atoms with van der Waals surface area (Å²) in [6.45, 7) is 5.57. The average molecular weight is 387 g/mol. The Hall–Kier alpha value is -1.81. The van der Waals surface area contributed by atoms with Crippen LogP contribution in [0.3, 0.4) is 0 Å². The van der Waals surface area contributed by atoms with Gasteiger partial charge in [0.15, 0.2) is 0 Å². The van der Waals surface area contributed by atoms with E-state index in [4.69, 9.17) is 0 Å². The number of hydrogen-bond donors (Lipinski definition) is 0. The average Bonchev–Trinajstić information content (AvgIpc) is 2.64. The maximum absolute atomic E-state index is 12.5. The second-order valence-corrected chi connectivity index (χ2v) is 7.11. The number of carbonyl (C=O) groups excluding carboxylic acids is 1. The smallest absolute Gasteiger partial charge is 0.227 e. The number of halogens is 1. The van der Waals surface area contributed by atoms with Gasteiger partial charge < -0.3 is 9.80 Å². The summed E-state index contributed by atoms with van der Waals surface area (Å²) in [5, 5.41) is 0. The van der Waals surface area contributed by atoms with Gasteiger partial charge in [0.2, 0.25) is 5.91 Å². The van der Waals surface area contributed by atoms with Crippen molar-refractivity contribution in [2.75, 3.05) is 31.1 Å². The van der Waals surface area contributed by atoms with Crippen LogP contribution in [0.15, 0.2) is 53.0 Å². The summed E-state index contributed by atoms with van der Waals surface area (Å²) in [4.78, 5) is 16.8. The van der Waals surface area contributed by atoms with Gasteiger partial charge in [-0.2, -0.15) is 0 Å². The fourth-order valence-electron chi connectivity index (χ4n) is 3.05. The molecule has 1 saturated heterocycles. The third-order valence-corrected chi connectivity index (χ3v) is 5.14. The molecular weight excluding hydrogens is 364 g/mol. The lowest BCUT2D eigenvalue weighted by Crippen LogP contribution is -2.49. The summed E-state index contributed by atoms with van der Waals surface area (Å²) in [5.41, 5.74) is 3.69. The van der Waals surface area contributed by atoms with Gasteiger partial charge in [-0.15, -0.1) is 0 Å². The molecule has 0 unspecified atom stereocenters. The van der Waals surface area contributed by atoms with Crippen LogP contribution in [-0.4, -0.2) is 37.0 Å². The van der Waals surface area contributed by atoms with Gasteiger partial charge in [-0.3, -0.25) is 4.79 Å². The first kappa shape index (κ1) is 17.0. The summed E-state index contributed by atoms with van der Waals surface area (Å²) >= 11 is 3.43. The number of rotatable bonds is 4. The molecule has 0 atom stereocenters. The first-order chi connectivity index (χ1) is 11.7. The van der Waals surface area contributed by atoms with Crippen LogP contribution in [0.1, 0.15) is 18.1 Å². The monoisotopic (exact) mass is 386 g/mol. The maximum Gasteiger partial charge on any atom is 0.227 e. The zero-order chi connectivity index (χ0) is 16.9. The normalized spacial score (nSPS) is 14.8. The van der Waals surface area contributed by atoms with E-state index >= 15 is 0 Å². The fraction of sp³-hybridized carbons (Fsp3) is 0.350. The van der Waals surface area contributed by atoms with Crippen molar-refractivity contribution in [3.8, 4) is 0 Å². The summed E-state index contributed by atoms with van der Waals surface area (Å²) < 4.78 is 1.04. The molecule has 2 aromatic carbocycles. The third kappa shape index (κ3) is 4.18. The second-order valence-electron chi connectivity index (χ2n) is 6.19. The standard InChI is InChI=1S/C20H23BrN2O/c1-2-16-5-9-19(10-6-16)22-11-13-23(14-12-22)20(24)15-17-3-7-18(21)8-4-17/h3-10H,2,11-15H2,1H3. The largest absolute Gasteiger partial charge is 0.368 e. The minimum Gasteiger partial charge on any atom is -0.368 e. The van der Waals surface area contributed by atoms with Crippen molar-refractivity contribution < 1.29 is 4.79 Å². The lowest BCUT2D eigenvalue weighted by Gasteiger charge is -2.36. The van der Waals surface area contributed by atoms with Crippen LogP contribution >= 0.6 is 15.9 Å². The van der Waals surface area contributed by atoms with Crippen LogP contribution < -0.4 is 4.90 Å². The molecule has 1 fully saturated rings. The van der Waals surface area contributed by atoms with Gasteiger partial charge in [-0.25, -0.2) is 0 Å². The highest BCUT2D eigenvalue weighted by Gasteiger charge is 2.21. The van der Waals surface area contributed by atoms with Crippen molar-refractivity contribution in [2.24, 2.45) is 0 Å². The van der Waals surface area contributed by atoms with E-state index in [0.29, 0.717) is 6.42 Å². The predicted molar refractivity (Wildman–Crippen MR) is 102 cm³/mol. The molecule has 0 spiro atoms. The molecule has 0 aliphatic carbocycles. The van der Waals surface area contributed by atoms with Crippen LogP contribution in [0.25, 0.3) is 0 Å². The van der Waals surface area contributed by atoms with Crippen molar-refractivity contribution in [3.05, 3.63) is 64.1 Å². The number of aryl methyl sites for hydroxylation is 1. The molecule has 0 radical (unpaired) electrons. The summed E-state index contributed by atoms with van der Waals surface area (Å²) in [6, 6.07) is 16.8. The van der Waals surface area contributed by atoms with Gasteiger partial charge in [0.05, 0.1) is 6.42 Å². The van der Waals surface area contributed by atoms with Gasteiger partial charge >= 0.3 is 0 Å². The Bertz CT molecular complexity index is 674. The highest BCUT2D eigenvalue weighted by molar-refractivity contribution is 9.10. The number of benzene rings is 2. The molecule has 1 heterocycles. The lowest BCUT2D eigenvalue weighted by molar-refractivity contribution is -0.130. The molecule has 1 aliphatic rings. The highest BCUT2D eigenvalue weighted by atomic mass is 79.9. The quantitative estimate of drug-likeness (QED) is 0.795. The van der Waals surface area contributed by atoms with Crippen LogP contribution in [0.4, 0.5) is 5.69 Å². The molecular formula is C20H23BrN2O. The molecule has 0 bridgehead atoms. The first-order valence-corrected chi connectivity index (χ1v) is 9.31. The first-order valence-electron chi connectivity index (χ1n) is 8.52. The molecule has 24 heavy (non-hydrogen) atoms. The predicted octanol–water partition coefficient (Wildman–Crippen LogP) is 3.90. The summed E-state index contributed by atoms with van der Waals surface area (Å²) in [7, 11) is 0. The van der Waals surface area contributed by atoms with Crippen molar-refractivity contribution >= 4 is 27.5 Å². The molecule has 0 N–H and O–H groups in total. The van der Waals surface area contributed by atoms with Gasteiger partial charge in [-0.1, -0.05) is 47.1 Å². The van der Waals surface area contributed by atoms with Crippen molar-refractivity contribution in [2.45, 2.75) is 19.8 Å². The molecule has 0 aromatic heterocycles. The van der Waals surface area contributed by atoms with Gasteiger partial charge in [0.25, 0.3) is 0 Å². The molecule has 1 amide bonds. The van der Waals surface area contributed by atoms with Crippen LogP contribution in [0.5, 0.6) is 0 Å². The van der Waals surface area contributed by atoms with Gasteiger partial charge in [-0.05, 0) is 41.8 Å². The van der Waals surface area contributed by atoms with Crippen LogP contribution in [-0.2, 0) is 17.6 Å². The van der Waals surface area contributed by atoms with E-state index in [2.05, 4.69) is 52.0 Å². The molecule has 2 aromatic rings.